The van der Waals surface area contributed by atoms with Crippen LogP contribution in [0.5, 0.6) is 0 Å². The van der Waals surface area contributed by atoms with Crippen molar-refractivity contribution in [2.75, 3.05) is 18.1 Å². The van der Waals surface area contributed by atoms with Gasteiger partial charge in [-0.3, -0.25) is 0 Å². The van der Waals surface area contributed by atoms with Gasteiger partial charge in [-0.15, -0.1) is 0 Å². The van der Waals surface area contributed by atoms with E-state index in [1.165, 1.54) is 6.07 Å². The van der Waals surface area contributed by atoms with Crippen molar-refractivity contribution in [1.82, 2.24) is 5.32 Å². The Morgan fingerprint density at radius 1 is 1.41 bits per heavy atom. The summed E-state index contributed by atoms with van der Waals surface area (Å²) in [6, 6.07) is 4.35. The maximum atomic E-state index is 13.1. The molecule has 17 heavy (non-hydrogen) atoms. The predicted molar refractivity (Wildman–Crippen MR) is 68.1 cm³/mol. The van der Waals surface area contributed by atoms with Gasteiger partial charge in [-0.2, -0.15) is 0 Å². The molecule has 1 saturated heterocycles. The number of halogens is 2. The van der Waals surface area contributed by atoms with E-state index < -0.39 is 9.84 Å². The van der Waals surface area contributed by atoms with E-state index in [4.69, 9.17) is 0 Å². The second-order valence-electron chi connectivity index (χ2n) is 4.15. The fourth-order valence-corrected chi connectivity index (χ4v) is 3.87. The Morgan fingerprint density at radius 3 is 2.88 bits per heavy atom. The Balaban J connectivity index is 2.28. The van der Waals surface area contributed by atoms with Crippen molar-refractivity contribution in [3.05, 3.63) is 34.1 Å². The van der Waals surface area contributed by atoms with Crippen molar-refractivity contribution in [3.63, 3.8) is 0 Å². The third-order valence-electron chi connectivity index (χ3n) is 2.79. The fraction of sp³-hybridized carbons (Fsp3) is 0.455. The topological polar surface area (TPSA) is 46.2 Å². The second kappa shape index (κ2) is 5.04. The lowest BCUT2D eigenvalue weighted by molar-refractivity contribution is 0.569. The van der Waals surface area contributed by atoms with Gasteiger partial charge in [0.05, 0.1) is 16.0 Å². The monoisotopic (exact) mass is 321 g/mol. The molecule has 0 saturated carbocycles. The number of rotatable bonds is 1. The lowest BCUT2D eigenvalue weighted by Crippen LogP contribution is -2.25. The van der Waals surface area contributed by atoms with Crippen molar-refractivity contribution in [2.24, 2.45) is 0 Å². The third kappa shape index (κ3) is 3.26. The van der Waals surface area contributed by atoms with E-state index in [2.05, 4.69) is 21.2 Å². The molecule has 1 aromatic rings. The molecule has 94 valence electrons. The van der Waals surface area contributed by atoms with E-state index in [1.54, 1.807) is 12.1 Å². The molecule has 1 aromatic carbocycles. The molecule has 6 heteroatoms. The average Bonchev–Trinajstić information content (AvgIpc) is 2.43. The summed E-state index contributed by atoms with van der Waals surface area (Å²) >= 11 is 3.11. The molecule has 0 aromatic heterocycles. The van der Waals surface area contributed by atoms with Crippen molar-refractivity contribution < 1.29 is 12.8 Å². The second-order valence-corrected chi connectivity index (χ2v) is 7.23. The van der Waals surface area contributed by atoms with E-state index in [1.807, 2.05) is 0 Å². The Bertz CT molecular complexity index is 518. The van der Waals surface area contributed by atoms with Gasteiger partial charge in [0, 0.05) is 6.04 Å². The van der Waals surface area contributed by atoms with Crippen molar-refractivity contribution >= 4 is 25.8 Å². The molecule has 0 bridgehead atoms. The van der Waals surface area contributed by atoms with Crippen LogP contribution in [0.25, 0.3) is 0 Å². The summed E-state index contributed by atoms with van der Waals surface area (Å²) in [5, 5.41) is 3.18. The summed E-state index contributed by atoms with van der Waals surface area (Å²) < 4.78 is 36.8. The molecule has 1 unspecified atom stereocenters. The van der Waals surface area contributed by atoms with E-state index in [0.29, 0.717) is 17.4 Å². The van der Waals surface area contributed by atoms with Gasteiger partial charge in [0.1, 0.15) is 5.82 Å². The highest BCUT2D eigenvalue weighted by Gasteiger charge is 2.23. The van der Waals surface area contributed by atoms with Crippen LogP contribution in [0.15, 0.2) is 22.7 Å². The molecule has 1 heterocycles. The van der Waals surface area contributed by atoms with Crippen LogP contribution in [-0.2, 0) is 9.84 Å². The molecule has 3 nitrogen and oxygen atoms in total. The highest BCUT2D eigenvalue weighted by atomic mass is 79.9. The number of nitrogens with one attached hydrogen (secondary N) is 1. The maximum Gasteiger partial charge on any atom is 0.152 e. The summed E-state index contributed by atoms with van der Waals surface area (Å²) in [6.45, 7) is 0.666. The predicted octanol–water partition coefficient (Wildman–Crippen LogP) is 2.04. The number of hydrogen-bond donors (Lipinski definition) is 1. The standard InChI is InChI=1S/C11H13BrFNO2S/c12-9-6-8(2-3-10(9)13)11-7-17(15,16)5-1-4-14-11/h2-3,6,11,14H,1,4-5,7H2. The molecular formula is C11H13BrFNO2S. The Morgan fingerprint density at radius 2 is 2.18 bits per heavy atom. The van der Waals surface area contributed by atoms with Crippen molar-refractivity contribution in [2.45, 2.75) is 12.5 Å². The van der Waals surface area contributed by atoms with E-state index in [9.17, 15) is 12.8 Å². The SMILES string of the molecule is O=S1(=O)CCCNC(c2ccc(F)c(Br)c2)C1. The van der Waals surface area contributed by atoms with E-state index in [-0.39, 0.29) is 23.4 Å². The zero-order valence-corrected chi connectivity index (χ0v) is 11.5. The zero-order valence-electron chi connectivity index (χ0n) is 9.12. The van der Waals surface area contributed by atoms with Gasteiger partial charge in [0.2, 0.25) is 0 Å². The molecule has 1 fully saturated rings. The minimum atomic E-state index is -3.01. The number of benzene rings is 1. The summed E-state index contributed by atoms with van der Waals surface area (Å²) in [4.78, 5) is 0. The van der Waals surface area contributed by atoms with Gasteiger partial charge in [0.15, 0.2) is 9.84 Å². The normalized spacial score (nSPS) is 24.2. The van der Waals surface area contributed by atoms with Crippen LogP contribution in [0.1, 0.15) is 18.0 Å². The largest absolute Gasteiger partial charge is 0.309 e. The van der Waals surface area contributed by atoms with Crippen molar-refractivity contribution in [3.8, 4) is 0 Å². The highest BCUT2D eigenvalue weighted by Crippen LogP contribution is 2.23. The van der Waals surface area contributed by atoms with Crippen LogP contribution >= 0.6 is 15.9 Å². The van der Waals surface area contributed by atoms with E-state index in [0.717, 1.165) is 5.56 Å². The van der Waals surface area contributed by atoms with Gasteiger partial charge < -0.3 is 5.32 Å². The molecule has 0 spiro atoms. The lowest BCUT2D eigenvalue weighted by atomic mass is 10.1. The van der Waals surface area contributed by atoms with E-state index >= 15 is 0 Å². The summed E-state index contributed by atoms with van der Waals surface area (Å²) in [7, 11) is -3.01. The van der Waals surface area contributed by atoms with Gasteiger partial charge in [-0.25, -0.2) is 12.8 Å². The summed E-state index contributed by atoms with van der Waals surface area (Å²) in [6.07, 6.45) is 0.626. The average molecular weight is 322 g/mol. The first-order valence-corrected chi connectivity index (χ1v) is 7.98. The molecule has 1 atom stereocenters. The molecule has 0 amide bonds. The number of sulfone groups is 1. The van der Waals surface area contributed by atoms with Gasteiger partial charge >= 0.3 is 0 Å². The summed E-state index contributed by atoms with van der Waals surface area (Å²) in [5.41, 5.74) is 0.795. The minimum absolute atomic E-state index is 0.0745. The van der Waals surface area contributed by atoms with Crippen LogP contribution in [-0.4, -0.2) is 26.5 Å². The molecule has 1 aliphatic heterocycles. The van der Waals surface area contributed by atoms with Crippen LogP contribution in [0.2, 0.25) is 0 Å². The first kappa shape index (κ1) is 13.0. The molecule has 2 rings (SSSR count). The molecule has 0 aliphatic carbocycles. The molecule has 1 N–H and O–H groups in total. The Kier molecular flexibility index (Phi) is 3.85. The summed E-state index contributed by atoms with van der Waals surface area (Å²) in [5.74, 6) is -0.0468. The smallest absolute Gasteiger partial charge is 0.152 e. The Hall–Kier alpha value is -0.460. The van der Waals surface area contributed by atoms with Crippen LogP contribution in [0, 0.1) is 5.82 Å². The molecule has 1 aliphatic rings. The van der Waals surface area contributed by atoms with Gasteiger partial charge in [-0.05, 0) is 46.6 Å². The third-order valence-corrected chi connectivity index (χ3v) is 5.15. The fourth-order valence-electron chi connectivity index (χ4n) is 1.91. The first-order valence-electron chi connectivity index (χ1n) is 5.37. The quantitative estimate of drug-likeness (QED) is 0.861. The highest BCUT2D eigenvalue weighted by molar-refractivity contribution is 9.10. The van der Waals surface area contributed by atoms with Crippen molar-refractivity contribution in [1.29, 1.82) is 0 Å². The Labute approximate surface area is 108 Å². The van der Waals surface area contributed by atoms with Gasteiger partial charge in [0.25, 0.3) is 0 Å². The molecule has 0 radical (unpaired) electrons. The van der Waals surface area contributed by atoms with Crippen LogP contribution in [0.4, 0.5) is 4.39 Å². The van der Waals surface area contributed by atoms with Crippen LogP contribution in [0.3, 0.4) is 0 Å². The first-order chi connectivity index (χ1) is 7.98. The molecular weight excluding hydrogens is 309 g/mol. The zero-order chi connectivity index (χ0) is 12.5. The van der Waals surface area contributed by atoms with Crippen LogP contribution < -0.4 is 5.32 Å². The maximum absolute atomic E-state index is 13.1. The minimum Gasteiger partial charge on any atom is -0.309 e. The van der Waals surface area contributed by atoms with Gasteiger partial charge in [-0.1, -0.05) is 6.07 Å². The lowest BCUT2D eigenvalue weighted by Gasteiger charge is -2.16. The number of hydrogen-bond acceptors (Lipinski definition) is 3.